The van der Waals surface area contributed by atoms with E-state index in [0.717, 1.165) is 11.1 Å². The molecule has 0 rings (SSSR count). The lowest BCUT2D eigenvalue weighted by molar-refractivity contribution is 0.307. The van der Waals surface area contributed by atoms with Gasteiger partial charge >= 0.3 is 0 Å². The van der Waals surface area contributed by atoms with Gasteiger partial charge in [0.2, 0.25) is 5.88 Å². The molecule has 2 nitrogen and oxygen atoms in total. The summed E-state index contributed by atoms with van der Waals surface area (Å²) >= 11 is 0. The van der Waals surface area contributed by atoms with Crippen LogP contribution in [0.15, 0.2) is 65.7 Å². The van der Waals surface area contributed by atoms with E-state index >= 15 is 0 Å². The third-order valence-corrected chi connectivity index (χ3v) is 1.64. The highest BCUT2D eigenvalue weighted by Crippen LogP contribution is 2.17. The van der Waals surface area contributed by atoms with Gasteiger partial charge in [0.05, 0.1) is 0 Å². The predicted octanol–water partition coefficient (Wildman–Crippen LogP) is 4.79. The van der Waals surface area contributed by atoms with Crippen molar-refractivity contribution in [1.29, 1.82) is 0 Å². The van der Waals surface area contributed by atoms with E-state index in [9.17, 15) is 0 Å². The maximum Gasteiger partial charge on any atom is 0.217 e. The Kier molecular flexibility index (Phi) is 11.0. The monoisotopic (exact) mass is 233 g/mol. The molecule has 0 N–H and O–H groups in total. The van der Waals surface area contributed by atoms with Crippen LogP contribution in [0.2, 0.25) is 0 Å². The fourth-order valence-corrected chi connectivity index (χ4v) is 0.844. The van der Waals surface area contributed by atoms with Crippen molar-refractivity contribution in [3.63, 3.8) is 0 Å². The van der Waals surface area contributed by atoms with Gasteiger partial charge in [0.1, 0.15) is 5.76 Å². The second-order valence-electron chi connectivity index (χ2n) is 3.40. The first-order valence-electron chi connectivity index (χ1n) is 5.33. The number of hydrogen-bond acceptors (Lipinski definition) is 2. The summed E-state index contributed by atoms with van der Waals surface area (Å²) < 4.78 is 5.59. The lowest BCUT2D eigenvalue weighted by Gasteiger charge is -2.10. The van der Waals surface area contributed by atoms with Gasteiger partial charge in [-0.2, -0.15) is 0 Å². The van der Waals surface area contributed by atoms with Gasteiger partial charge in [-0.05, 0) is 51.6 Å². The van der Waals surface area contributed by atoms with Gasteiger partial charge < -0.3 is 4.74 Å². The zero-order valence-corrected chi connectivity index (χ0v) is 11.4. The quantitative estimate of drug-likeness (QED) is 0.289. The molecule has 0 amide bonds. The first kappa shape index (κ1) is 17.6. The molecule has 0 bridgehead atoms. The Morgan fingerprint density at radius 3 is 2.00 bits per heavy atom. The van der Waals surface area contributed by atoms with E-state index in [1.807, 2.05) is 45.9 Å². The van der Waals surface area contributed by atoms with Crippen LogP contribution in [0.4, 0.5) is 0 Å². The number of hydrogen-bond donors (Lipinski definition) is 0. The molecule has 0 heterocycles. The molecule has 0 aliphatic carbocycles. The summed E-state index contributed by atoms with van der Waals surface area (Å²) in [5, 5.41) is 0. The topological polar surface area (TPSA) is 21.6 Å². The van der Waals surface area contributed by atoms with Gasteiger partial charge in [0, 0.05) is 0 Å². The summed E-state index contributed by atoms with van der Waals surface area (Å²) in [5.74, 6) is 1.24. The molecular weight excluding hydrogens is 210 g/mol. The number of allylic oxidation sites excluding steroid dienone is 5. The highest BCUT2D eigenvalue weighted by Gasteiger charge is 2.03. The minimum absolute atomic E-state index is 0.536. The Morgan fingerprint density at radius 1 is 1.18 bits per heavy atom. The highest BCUT2D eigenvalue weighted by atomic mass is 16.5. The average molecular weight is 233 g/mol. The third kappa shape index (κ3) is 8.03. The zero-order chi connectivity index (χ0) is 13.8. The van der Waals surface area contributed by atoms with E-state index in [0.29, 0.717) is 11.6 Å². The standard InChI is InChI=1S/C13H19NO.C2H4/c1-7-8-9-12(10(2)3)15-13(14-6)11(4)5;1-2/h7-9H,2,6H2,1,3-5H3;1-2H2/b8-7-,12-9+;. The third-order valence-electron chi connectivity index (χ3n) is 1.64. The van der Waals surface area contributed by atoms with Crippen molar-refractivity contribution in [2.75, 3.05) is 0 Å². The van der Waals surface area contributed by atoms with Crippen LogP contribution < -0.4 is 0 Å². The highest BCUT2D eigenvalue weighted by molar-refractivity contribution is 5.31. The van der Waals surface area contributed by atoms with Crippen LogP contribution in [-0.4, -0.2) is 6.72 Å². The van der Waals surface area contributed by atoms with E-state index in [1.54, 1.807) is 0 Å². The van der Waals surface area contributed by atoms with E-state index in [2.05, 4.69) is 31.4 Å². The van der Waals surface area contributed by atoms with Crippen LogP contribution in [0.1, 0.15) is 27.7 Å². The Hall–Kier alpha value is -1.83. The normalized spacial score (nSPS) is 10.2. The van der Waals surface area contributed by atoms with Crippen LogP contribution in [-0.2, 0) is 4.74 Å². The van der Waals surface area contributed by atoms with Gasteiger partial charge in [0.15, 0.2) is 0 Å². The summed E-state index contributed by atoms with van der Waals surface area (Å²) in [6.45, 7) is 21.0. The Morgan fingerprint density at radius 2 is 1.71 bits per heavy atom. The second-order valence-corrected chi connectivity index (χ2v) is 3.40. The van der Waals surface area contributed by atoms with Crippen molar-refractivity contribution < 1.29 is 4.74 Å². The van der Waals surface area contributed by atoms with E-state index in [1.165, 1.54) is 0 Å². The SMILES string of the molecule is C=C.C=NC(O/C(=C/C=C\C)C(=C)C)=C(C)C. The van der Waals surface area contributed by atoms with Gasteiger partial charge in [-0.25, -0.2) is 4.99 Å². The lowest BCUT2D eigenvalue weighted by Crippen LogP contribution is -1.94. The maximum atomic E-state index is 5.59. The molecule has 0 atom stereocenters. The van der Waals surface area contributed by atoms with Crippen molar-refractivity contribution in [2.24, 2.45) is 4.99 Å². The molecule has 17 heavy (non-hydrogen) atoms. The molecule has 2 heteroatoms. The van der Waals surface area contributed by atoms with Crippen molar-refractivity contribution in [3.05, 3.63) is 60.8 Å². The van der Waals surface area contributed by atoms with Gasteiger partial charge in [-0.3, -0.25) is 0 Å². The van der Waals surface area contributed by atoms with Crippen molar-refractivity contribution >= 4 is 6.72 Å². The van der Waals surface area contributed by atoms with Gasteiger partial charge in [-0.1, -0.05) is 18.7 Å². The first-order chi connectivity index (χ1) is 8.02. The summed E-state index contributed by atoms with van der Waals surface area (Å²) in [6, 6.07) is 0. The summed E-state index contributed by atoms with van der Waals surface area (Å²) in [4.78, 5) is 3.82. The molecule has 0 aliphatic rings. The minimum atomic E-state index is 0.536. The van der Waals surface area contributed by atoms with Crippen LogP contribution >= 0.6 is 0 Å². The number of ether oxygens (including phenoxy) is 1. The van der Waals surface area contributed by atoms with E-state index in [-0.39, 0.29) is 0 Å². The van der Waals surface area contributed by atoms with Crippen LogP contribution in [0.5, 0.6) is 0 Å². The van der Waals surface area contributed by atoms with E-state index in [4.69, 9.17) is 4.74 Å². The maximum absolute atomic E-state index is 5.59. The fraction of sp³-hybridized carbons (Fsp3) is 0.267. The molecule has 0 aromatic rings. The van der Waals surface area contributed by atoms with E-state index < -0.39 is 0 Å². The Labute approximate surface area is 105 Å². The molecule has 0 aromatic heterocycles. The fourth-order valence-electron chi connectivity index (χ4n) is 0.844. The van der Waals surface area contributed by atoms with Crippen molar-refractivity contribution in [3.8, 4) is 0 Å². The molecule has 94 valence electrons. The average Bonchev–Trinajstić information content (AvgIpc) is 2.31. The van der Waals surface area contributed by atoms with Crippen LogP contribution in [0, 0.1) is 0 Å². The molecular formula is C15H23NO. The molecule has 0 saturated heterocycles. The summed E-state index contributed by atoms with van der Waals surface area (Å²) in [6.07, 6.45) is 5.68. The minimum Gasteiger partial charge on any atom is -0.439 e. The van der Waals surface area contributed by atoms with Crippen LogP contribution in [0.3, 0.4) is 0 Å². The Bertz CT molecular complexity index is 342. The van der Waals surface area contributed by atoms with Crippen molar-refractivity contribution in [2.45, 2.75) is 27.7 Å². The molecule has 0 aliphatic heterocycles. The molecule has 0 spiro atoms. The predicted molar refractivity (Wildman–Crippen MR) is 78.0 cm³/mol. The molecule has 0 unspecified atom stereocenters. The number of rotatable bonds is 5. The zero-order valence-electron chi connectivity index (χ0n) is 11.4. The smallest absolute Gasteiger partial charge is 0.217 e. The lowest BCUT2D eigenvalue weighted by atomic mass is 10.2. The first-order valence-corrected chi connectivity index (χ1v) is 5.33. The molecule has 0 aromatic carbocycles. The number of nitrogens with zero attached hydrogens (tertiary/aromatic N) is 1. The Balaban J connectivity index is 0. The summed E-state index contributed by atoms with van der Waals surface area (Å²) in [7, 11) is 0. The molecule has 0 radical (unpaired) electrons. The number of aliphatic imine (C=N–C) groups is 1. The van der Waals surface area contributed by atoms with Crippen LogP contribution in [0.25, 0.3) is 0 Å². The molecule has 0 fully saturated rings. The van der Waals surface area contributed by atoms with Gasteiger partial charge in [-0.15, -0.1) is 13.2 Å². The summed E-state index contributed by atoms with van der Waals surface area (Å²) in [5.41, 5.74) is 1.84. The largest absolute Gasteiger partial charge is 0.439 e. The second kappa shape index (κ2) is 10.7. The molecule has 0 saturated carbocycles. The van der Waals surface area contributed by atoms with Gasteiger partial charge in [0.25, 0.3) is 0 Å². The van der Waals surface area contributed by atoms with Crippen molar-refractivity contribution in [1.82, 2.24) is 0 Å².